The van der Waals surface area contributed by atoms with Crippen LogP contribution in [0, 0.1) is 6.92 Å². The molecule has 4 heteroatoms. The SMILES string of the molecule is Cc1ccc(N=Nc2ccc3c(O)cccc3c2O)cc1. The van der Waals surface area contributed by atoms with Crippen LogP contribution in [0.3, 0.4) is 0 Å². The average molecular weight is 278 g/mol. The lowest BCUT2D eigenvalue weighted by Crippen LogP contribution is -1.76. The van der Waals surface area contributed by atoms with Crippen LogP contribution >= 0.6 is 0 Å². The second kappa shape index (κ2) is 5.25. The number of phenols is 2. The highest BCUT2D eigenvalue weighted by Crippen LogP contribution is 2.38. The van der Waals surface area contributed by atoms with Gasteiger partial charge in [-0.2, -0.15) is 5.11 Å². The standard InChI is InChI=1S/C17H14N2O2/c1-11-5-7-12(8-6-11)18-19-15-10-9-13-14(17(15)21)3-2-4-16(13)20/h2-10,20-21H,1H3. The minimum Gasteiger partial charge on any atom is -0.507 e. The molecular weight excluding hydrogens is 264 g/mol. The van der Waals surface area contributed by atoms with Crippen molar-refractivity contribution in [1.82, 2.24) is 0 Å². The largest absolute Gasteiger partial charge is 0.507 e. The first kappa shape index (κ1) is 13.1. The Kier molecular flexibility index (Phi) is 3.28. The molecule has 104 valence electrons. The van der Waals surface area contributed by atoms with E-state index in [4.69, 9.17) is 0 Å². The first-order chi connectivity index (χ1) is 10.1. The molecule has 0 unspecified atom stereocenters. The fourth-order valence-corrected chi connectivity index (χ4v) is 2.12. The van der Waals surface area contributed by atoms with Crippen molar-refractivity contribution in [2.45, 2.75) is 6.92 Å². The molecule has 0 radical (unpaired) electrons. The van der Waals surface area contributed by atoms with Crippen LogP contribution in [0.1, 0.15) is 5.56 Å². The summed E-state index contributed by atoms with van der Waals surface area (Å²) in [6, 6.07) is 16.0. The Labute approximate surface area is 122 Å². The van der Waals surface area contributed by atoms with Gasteiger partial charge in [-0.25, -0.2) is 0 Å². The van der Waals surface area contributed by atoms with E-state index in [2.05, 4.69) is 10.2 Å². The predicted octanol–water partition coefficient (Wildman–Crippen LogP) is 4.97. The molecule has 0 bridgehead atoms. The van der Waals surface area contributed by atoms with Crippen molar-refractivity contribution in [2.75, 3.05) is 0 Å². The van der Waals surface area contributed by atoms with E-state index in [1.165, 1.54) is 0 Å². The zero-order chi connectivity index (χ0) is 14.8. The van der Waals surface area contributed by atoms with Gasteiger partial charge in [0.1, 0.15) is 11.4 Å². The number of azo groups is 1. The van der Waals surface area contributed by atoms with Gasteiger partial charge in [-0.15, -0.1) is 5.11 Å². The molecular formula is C17H14N2O2. The second-order valence-electron chi connectivity index (χ2n) is 4.84. The molecule has 3 rings (SSSR count). The van der Waals surface area contributed by atoms with E-state index in [1.807, 2.05) is 31.2 Å². The van der Waals surface area contributed by atoms with Crippen LogP contribution in [-0.4, -0.2) is 10.2 Å². The van der Waals surface area contributed by atoms with Crippen LogP contribution in [0.5, 0.6) is 11.5 Å². The van der Waals surface area contributed by atoms with Crippen LogP contribution in [0.25, 0.3) is 10.8 Å². The number of benzene rings is 3. The maximum atomic E-state index is 10.2. The third-order valence-corrected chi connectivity index (χ3v) is 3.30. The van der Waals surface area contributed by atoms with Crippen molar-refractivity contribution in [3.05, 3.63) is 60.2 Å². The van der Waals surface area contributed by atoms with Gasteiger partial charge in [0.15, 0.2) is 5.75 Å². The van der Waals surface area contributed by atoms with E-state index in [1.54, 1.807) is 30.3 Å². The first-order valence-electron chi connectivity index (χ1n) is 6.57. The second-order valence-corrected chi connectivity index (χ2v) is 4.84. The third kappa shape index (κ3) is 2.56. The lowest BCUT2D eigenvalue weighted by molar-refractivity contribution is 0.476. The number of aryl methyl sites for hydroxylation is 1. The number of fused-ring (bicyclic) bond motifs is 1. The Bertz CT molecular complexity index is 824. The Morgan fingerprint density at radius 2 is 1.52 bits per heavy atom. The van der Waals surface area contributed by atoms with Gasteiger partial charge >= 0.3 is 0 Å². The van der Waals surface area contributed by atoms with Crippen molar-refractivity contribution >= 4 is 22.1 Å². The lowest BCUT2D eigenvalue weighted by Gasteiger charge is -2.05. The molecule has 4 nitrogen and oxygen atoms in total. The Morgan fingerprint density at radius 1 is 0.762 bits per heavy atom. The third-order valence-electron chi connectivity index (χ3n) is 3.30. The summed E-state index contributed by atoms with van der Waals surface area (Å²) in [4.78, 5) is 0. The molecule has 0 fully saturated rings. The van der Waals surface area contributed by atoms with Crippen LogP contribution < -0.4 is 0 Å². The summed E-state index contributed by atoms with van der Waals surface area (Å²) in [5, 5.41) is 29.3. The minimum atomic E-state index is 0.0132. The van der Waals surface area contributed by atoms with E-state index in [9.17, 15) is 10.2 Å². The van der Waals surface area contributed by atoms with E-state index >= 15 is 0 Å². The van der Waals surface area contributed by atoms with Crippen molar-refractivity contribution < 1.29 is 10.2 Å². The highest BCUT2D eigenvalue weighted by atomic mass is 16.3. The molecule has 0 spiro atoms. The van der Waals surface area contributed by atoms with Gasteiger partial charge in [0.05, 0.1) is 5.69 Å². The summed E-state index contributed by atoms with van der Waals surface area (Å²) in [6.07, 6.45) is 0. The fourth-order valence-electron chi connectivity index (χ4n) is 2.12. The van der Waals surface area contributed by atoms with E-state index in [-0.39, 0.29) is 11.5 Å². The van der Waals surface area contributed by atoms with Crippen molar-refractivity contribution in [1.29, 1.82) is 0 Å². The molecule has 0 aliphatic rings. The number of hydrogen-bond acceptors (Lipinski definition) is 4. The van der Waals surface area contributed by atoms with Crippen molar-refractivity contribution in [2.24, 2.45) is 10.2 Å². The normalized spacial score (nSPS) is 11.3. The van der Waals surface area contributed by atoms with Gasteiger partial charge in [0.25, 0.3) is 0 Å². The molecule has 0 saturated carbocycles. The molecule has 0 aliphatic heterocycles. The van der Waals surface area contributed by atoms with Crippen LogP contribution in [0.4, 0.5) is 11.4 Å². The molecule has 0 saturated heterocycles. The summed E-state index contributed by atoms with van der Waals surface area (Å²) in [7, 11) is 0. The number of phenolic OH excluding ortho intramolecular Hbond substituents is 2. The molecule has 2 N–H and O–H groups in total. The van der Waals surface area contributed by atoms with Gasteiger partial charge in [-0.1, -0.05) is 29.8 Å². The zero-order valence-electron chi connectivity index (χ0n) is 11.5. The molecule has 3 aromatic rings. The molecule has 0 atom stereocenters. The highest BCUT2D eigenvalue weighted by molar-refractivity contribution is 5.96. The smallest absolute Gasteiger partial charge is 0.151 e. The van der Waals surface area contributed by atoms with Gasteiger partial charge in [-0.3, -0.25) is 0 Å². The van der Waals surface area contributed by atoms with E-state index in [0.29, 0.717) is 16.5 Å². The monoisotopic (exact) mass is 278 g/mol. The van der Waals surface area contributed by atoms with Gasteiger partial charge in [0, 0.05) is 10.8 Å². The van der Waals surface area contributed by atoms with Gasteiger partial charge in [-0.05, 0) is 37.3 Å². The fraction of sp³-hybridized carbons (Fsp3) is 0.0588. The first-order valence-corrected chi connectivity index (χ1v) is 6.57. The lowest BCUT2D eigenvalue weighted by atomic mass is 10.1. The van der Waals surface area contributed by atoms with E-state index in [0.717, 1.165) is 11.3 Å². The van der Waals surface area contributed by atoms with Crippen molar-refractivity contribution in [3.8, 4) is 11.5 Å². The van der Waals surface area contributed by atoms with Crippen LogP contribution in [0.15, 0.2) is 64.8 Å². The molecule has 21 heavy (non-hydrogen) atoms. The maximum Gasteiger partial charge on any atom is 0.151 e. The summed E-state index contributed by atoms with van der Waals surface area (Å²) in [6.45, 7) is 2.00. The topological polar surface area (TPSA) is 65.2 Å². The summed E-state index contributed by atoms with van der Waals surface area (Å²) in [5.74, 6) is 0.143. The molecule has 0 heterocycles. The predicted molar refractivity (Wildman–Crippen MR) is 82.6 cm³/mol. The highest BCUT2D eigenvalue weighted by Gasteiger charge is 2.08. The van der Waals surface area contributed by atoms with Crippen LogP contribution in [-0.2, 0) is 0 Å². The number of rotatable bonds is 2. The number of aromatic hydroxyl groups is 2. The molecule has 0 aromatic heterocycles. The summed E-state index contributed by atoms with van der Waals surface area (Å²) >= 11 is 0. The molecule has 3 aromatic carbocycles. The summed E-state index contributed by atoms with van der Waals surface area (Å²) < 4.78 is 0. The van der Waals surface area contributed by atoms with Crippen molar-refractivity contribution in [3.63, 3.8) is 0 Å². The average Bonchev–Trinajstić information content (AvgIpc) is 2.49. The van der Waals surface area contributed by atoms with Crippen LogP contribution in [0.2, 0.25) is 0 Å². The maximum absolute atomic E-state index is 10.2. The molecule has 0 aliphatic carbocycles. The van der Waals surface area contributed by atoms with Gasteiger partial charge < -0.3 is 10.2 Å². The zero-order valence-corrected chi connectivity index (χ0v) is 11.5. The van der Waals surface area contributed by atoms with E-state index < -0.39 is 0 Å². The Balaban J connectivity index is 2.01. The Hall–Kier alpha value is -2.88. The Morgan fingerprint density at radius 3 is 2.29 bits per heavy atom. The van der Waals surface area contributed by atoms with Gasteiger partial charge in [0.2, 0.25) is 0 Å². The summed E-state index contributed by atoms with van der Waals surface area (Å²) in [5.41, 5.74) is 2.24. The molecule has 0 amide bonds. The number of hydrogen-bond donors (Lipinski definition) is 2. The minimum absolute atomic E-state index is 0.0132. The number of nitrogens with zero attached hydrogens (tertiary/aromatic N) is 2. The quantitative estimate of drug-likeness (QED) is 0.649.